The monoisotopic (exact) mass is 429 g/mol. The van der Waals surface area contributed by atoms with Gasteiger partial charge in [0.25, 0.3) is 5.91 Å². The predicted octanol–water partition coefficient (Wildman–Crippen LogP) is 2.47. The molecule has 168 valence electrons. The van der Waals surface area contributed by atoms with Gasteiger partial charge in [-0.25, -0.2) is 4.79 Å². The molecule has 1 aliphatic heterocycles. The highest BCUT2D eigenvalue weighted by atomic mass is 16.5. The summed E-state index contributed by atoms with van der Waals surface area (Å²) in [6.07, 6.45) is 4.10. The Morgan fingerprint density at radius 2 is 1.87 bits per heavy atom. The second-order valence-corrected chi connectivity index (χ2v) is 8.38. The van der Waals surface area contributed by atoms with Gasteiger partial charge in [0.2, 0.25) is 5.91 Å². The summed E-state index contributed by atoms with van der Waals surface area (Å²) in [5, 5.41) is 2.86. The number of nitrogens with one attached hydrogen (secondary N) is 1. The number of carbonyl (C=O) groups is 4. The minimum absolute atomic E-state index is 0.0392. The van der Waals surface area contributed by atoms with Crippen LogP contribution in [0.5, 0.6) is 0 Å². The number of esters is 1. The second-order valence-electron chi connectivity index (χ2n) is 8.38. The van der Waals surface area contributed by atoms with Crippen LogP contribution in [0.25, 0.3) is 0 Å². The molecule has 3 rings (SSSR count). The number of carbonyl (C=O) groups excluding carboxylic acids is 4. The average Bonchev–Trinajstić information content (AvgIpc) is 3.01. The molecule has 8 heteroatoms. The van der Waals surface area contributed by atoms with Crippen LogP contribution >= 0.6 is 0 Å². The minimum atomic E-state index is -0.876. The Kier molecular flexibility index (Phi) is 7.30. The molecule has 1 aromatic carbocycles. The number of benzene rings is 1. The first-order valence-electron chi connectivity index (χ1n) is 10.9. The van der Waals surface area contributed by atoms with Gasteiger partial charge in [0.15, 0.2) is 0 Å². The van der Waals surface area contributed by atoms with Crippen molar-refractivity contribution in [3.63, 3.8) is 0 Å². The molecule has 0 aromatic heterocycles. The molecule has 8 nitrogen and oxygen atoms in total. The Balaban J connectivity index is 1.69. The van der Waals surface area contributed by atoms with E-state index in [2.05, 4.69) is 17.0 Å². The Labute approximate surface area is 182 Å². The molecule has 1 aromatic rings. The lowest BCUT2D eigenvalue weighted by Crippen LogP contribution is -2.50. The number of methoxy groups -OCH3 is 1. The smallest absolute Gasteiger partial charge is 0.325 e. The Bertz CT molecular complexity index is 818. The van der Waals surface area contributed by atoms with Crippen LogP contribution in [0.2, 0.25) is 0 Å². The molecule has 1 aliphatic carbocycles. The molecule has 1 spiro atoms. The Morgan fingerprint density at radius 3 is 2.48 bits per heavy atom. The number of hydrogen-bond donors (Lipinski definition) is 1. The normalized spacial score (nSPS) is 23.0. The first kappa shape index (κ1) is 22.8. The minimum Gasteiger partial charge on any atom is -0.469 e. The quantitative estimate of drug-likeness (QED) is 0.506. The van der Waals surface area contributed by atoms with Crippen molar-refractivity contribution in [2.24, 2.45) is 5.92 Å². The van der Waals surface area contributed by atoms with E-state index in [0.29, 0.717) is 18.8 Å². The Morgan fingerprint density at radius 1 is 1.19 bits per heavy atom. The molecule has 2 aliphatic rings. The zero-order valence-corrected chi connectivity index (χ0v) is 18.3. The largest absolute Gasteiger partial charge is 0.469 e. The van der Waals surface area contributed by atoms with E-state index in [1.807, 2.05) is 30.3 Å². The molecular formula is C23H31N3O5. The third-order valence-electron chi connectivity index (χ3n) is 6.46. The number of nitrogens with zero attached hydrogens (tertiary/aromatic N) is 2. The molecular weight excluding hydrogens is 398 g/mol. The molecule has 1 saturated heterocycles. The molecule has 0 radical (unpaired) electrons. The molecule has 0 atom stereocenters. The summed E-state index contributed by atoms with van der Waals surface area (Å²) >= 11 is 0. The van der Waals surface area contributed by atoms with Gasteiger partial charge in [-0.15, -0.1) is 0 Å². The fourth-order valence-electron chi connectivity index (χ4n) is 4.40. The number of amides is 4. The van der Waals surface area contributed by atoms with Crippen molar-refractivity contribution in [1.29, 1.82) is 0 Å². The van der Waals surface area contributed by atoms with Gasteiger partial charge in [0.1, 0.15) is 12.1 Å². The summed E-state index contributed by atoms with van der Waals surface area (Å²) in [7, 11) is 1.30. The summed E-state index contributed by atoms with van der Waals surface area (Å²) in [5.74, 6) is -0.540. The van der Waals surface area contributed by atoms with E-state index in [1.165, 1.54) is 12.0 Å². The molecule has 1 saturated carbocycles. The van der Waals surface area contributed by atoms with Gasteiger partial charge in [-0.2, -0.15) is 0 Å². The zero-order valence-electron chi connectivity index (χ0n) is 18.3. The van der Waals surface area contributed by atoms with E-state index in [4.69, 9.17) is 0 Å². The van der Waals surface area contributed by atoms with Crippen molar-refractivity contribution in [3.8, 4) is 0 Å². The molecule has 31 heavy (non-hydrogen) atoms. The molecule has 0 unspecified atom stereocenters. The summed E-state index contributed by atoms with van der Waals surface area (Å²) < 4.78 is 4.69. The predicted molar refractivity (Wildman–Crippen MR) is 114 cm³/mol. The van der Waals surface area contributed by atoms with Crippen LogP contribution in [0.1, 0.15) is 51.0 Å². The highest BCUT2D eigenvalue weighted by Gasteiger charge is 2.52. The topological polar surface area (TPSA) is 96.0 Å². The summed E-state index contributed by atoms with van der Waals surface area (Å²) in [4.78, 5) is 52.9. The van der Waals surface area contributed by atoms with Crippen LogP contribution in [-0.2, 0) is 25.7 Å². The van der Waals surface area contributed by atoms with Crippen LogP contribution in [0.15, 0.2) is 30.3 Å². The van der Waals surface area contributed by atoms with Gasteiger partial charge >= 0.3 is 12.0 Å². The highest BCUT2D eigenvalue weighted by Crippen LogP contribution is 2.37. The standard InChI is InChI=1S/C23H31N3O5/c1-3-17-9-12-23(13-10-17)21(29)26(22(30)24-23)16-19(27)25(14-11-20(28)31-2)15-18-7-5-4-6-8-18/h4-8,17H,3,9-16H2,1-2H3,(H,24,30). The molecule has 0 bridgehead atoms. The van der Waals surface area contributed by atoms with Crippen molar-refractivity contribution in [2.75, 3.05) is 20.2 Å². The van der Waals surface area contributed by atoms with Gasteiger partial charge in [-0.3, -0.25) is 19.3 Å². The van der Waals surface area contributed by atoms with Crippen molar-refractivity contribution >= 4 is 23.8 Å². The maximum atomic E-state index is 13.1. The second kappa shape index (κ2) is 9.94. The number of imide groups is 1. The van der Waals surface area contributed by atoms with E-state index in [-0.39, 0.29) is 37.9 Å². The number of hydrogen-bond acceptors (Lipinski definition) is 5. The average molecular weight is 430 g/mol. The summed E-state index contributed by atoms with van der Waals surface area (Å²) in [5.41, 5.74) is 0.0199. The van der Waals surface area contributed by atoms with E-state index in [0.717, 1.165) is 29.7 Å². The zero-order chi connectivity index (χ0) is 22.4. The van der Waals surface area contributed by atoms with E-state index in [9.17, 15) is 19.2 Å². The van der Waals surface area contributed by atoms with Gasteiger partial charge < -0.3 is 15.0 Å². The van der Waals surface area contributed by atoms with Crippen molar-refractivity contribution in [2.45, 2.75) is 57.5 Å². The van der Waals surface area contributed by atoms with E-state index < -0.39 is 17.5 Å². The Hall–Kier alpha value is -2.90. The van der Waals surface area contributed by atoms with Crippen molar-refractivity contribution in [3.05, 3.63) is 35.9 Å². The van der Waals surface area contributed by atoms with Crippen LogP contribution in [0.3, 0.4) is 0 Å². The highest BCUT2D eigenvalue weighted by molar-refractivity contribution is 6.09. The maximum Gasteiger partial charge on any atom is 0.325 e. The van der Waals surface area contributed by atoms with Crippen LogP contribution in [0.4, 0.5) is 4.79 Å². The SMILES string of the molecule is CCC1CCC2(CC1)NC(=O)N(CC(=O)N(CCC(=O)OC)Cc1ccccc1)C2=O. The molecule has 1 heterocycles. The van der Waals surface area contributed by atoms with Crippen molar-refractivity contribution in [1.82, 2.24) is 15.1 Å². The lowest BCUT2D eigenvalue weighted by molar-refractivity contribution is -0.143. The van der Waals surface area contributed by atoms with Crippen LogP contribution in [0, 0.1) is 5.92 Å². The van der Waals surface area contributed by atoms with Gasteiger partial charge in [0.05, 0.1) is 13.5 Å². The maximum absolute atomic E-state index is 13.1. The number of ether oxygens (including phenoxy) is 1. The molecule has 2 fully saturated rings. The van der Waals surface area contributed by atoms with Gasteiger partial charge in [-0.1, -0.05) is 43.7 Å². The number of urea groups is 1. The van der Waals surface area contributed by atoms with E-state index in [1.54, 1.807) is 0 Å². The fourth-order valence-corrected chi connectivity index (χ4v) is 4.40. The lowest BCUT2D eigenvalue weighted by atomic mass is 9.75. The number of rotatable bonds is 8. The van der Waals surface area contributed by atoms with Crippen molar-refractivity contribution < 1.29 is 23.9 Å². The summed E-state index contributed by atoms with van der Waals surface area (Å²) in [6.45, 7) is 2.23. The third-order valence-corrected chi connectivity index (χ3v) is 6.46. The first-order valence-corrected chi connectivity index (χ1v) is 10.9. The first-order chi connectivity index (χ1) is 14.9. The summed E-state index contributed by atoms with van der Waals surface area (Å²) in [6, 6.07) is 8.86. The van der Waals surface area contributed by atoms with E-state index >= 15 is 0 Å². The third kappa shape index (κ3) is 5.24. The molecule has 1 N–H and O–H groups in total. The fraction of sp³-hybridized carbons (Fsp3) is 0.565. The van der Waals surface area contributed by atoms with Gasteiger partial charge in [-0.05, 0) is 37.2 Å². The van der Waals surface area contributed by atoms with Crippen LogP contribution < -0.4 is 5.32 Å². The lowest BCUT2D eigenvalue weighted by Gasteiger charge is -2.34. The molecule has 4 amide bonds. The van der Waals surface area contributed by atoms with Crippen LogP contribution in [-0.4, -0.2) is 59.4 Å². The van der Waals surface area contributed by atoms with Gasteiger partial charge in [0, 0.05) is 13.1 Å².